The molecular formula is C20H18FN3O5. The van der Waals surface area contributed by atoms with Crippen molar-refractivity contribution in [2.45, 2.75) is 0 Å². The smallest absolute Gasteiger partial charge is 0.280 e. The highest BCUT2D eigenvalue weighted by molar-refractivity contribution is 6.03. The van der Waals surface area contributed by atoms with Crippen LogP contribution in [0, 0.1) is 5.82 Å². The van der Waals surface area contributed by atoms with Gasteiger partial charge < -0.3 is 19.5 Å². The average molecular weight is 399 g/mol. The van der Waals surface area contributed by atoms with Crippen LogP contribution in [0.2, 0.25) is 0 Å². The zero-order chi connectivity index (χ0) is 21.0. The van der Waals surface area contributed by atoms with Crippen LogP contribution in [0.5, 0.6) is 17.4 Å². The second kappa shape index (κ2) is 8.42. The molecule has 0 fully saturated rings. The monoisotopic (exact) mass is 399 g/mol. The zero-order valence-corrected chi connectivity index (χ0v) is 15.9. The van der Waals surface area contributed by atoms with E-state index in [0.29, 0.717) is 17.2 Å². The number of hydrogen-bond acceptors (Lipinski definition) is 6. The first-order chi connectivity index (χ1) is 14.0. The molecule has 0 aliphatic rings. The Kier molecular flexibility index (Phi) is 5.77. The van der Waals surface area contributed by atoms with Gasteiger partial charge in [0.1, 0.15) is 17.3 Å². The van der Waals surface area contributed by atoms with E-state index >= 15 is 0 Å². The molecule has 1 N–H and O–H groups in total. The standard InChI is InChI=1S/C20H18FN3O5/c1-27-14-7-8-15(17(10-14)28-2)22-20(26)19-16(25)11-18(29-3)24(23-19)13-6-4-5-12(21)9-13/h4-11H,1-3H3,(H,22,26). The predicted molar refractivity (Wildman–Crippen MR) is 104 cm³/mol. The zero-order valence-electron chi connectivity index (χ0n) is 15.9. The molecule has 2 aromatic carbocycles. The van der Waals surface area contributed by atoms with Crippen LogP contribution in [0.1, 0.15) is 10.5 Å². The minimum Gasteiger partial charge on any atom is -0.497 e. The van der Waals surface area contributed by atoms with Gasteiger partial charge >= 0.3 is 0 Å². The first-order valence-corrected chi connectivity index (χ1v) is 8.44. The maximum absolute atomic E-state index is 13.6. The second-order valence-electron chi connectivity index (χ2n) is 5.81. The van der Waals surface area contributed by atoms with E-state index in [1.165, 1.54) is 44.2 Å². The van der Waals surface area contributed by atoms with Gasteiger partial charge in [-0.1, -0.05) is 6.07 Å². The summed E-state index contributed by atoms with van der Waals surface area (Å²) in [7, 11) is 4.28. The Hall–Kier alpha value is -3.88. The van der Waals surface area contributed by atoms with Crippen molar-refractivity contribution in [3.05, 3.63) is 70.3 Å². The van der Waals surface area contributed by atoms with Gasteiger partial charge in [0.15, 0.2) is 5.69 Å². The van der Waals surface area contributed by atoms with Crippen LogP contribution in [0.25, 0.3) is 5.69 Å². The second-order valence-corrected chi connectivity index (χ2v) is 5.81. The summed E-state index contributed by atoms with van der Waals surface area (Å²) in [5, 5.41) is 6.66. The highest BCUT2D eigenvalue weighted by Gasteiger charge is 2.19. The van der Waals surface area contributed by atoms with E-state index in [1.807, 2.05) is 0 Å². The summed E-state index contributed by atoms with van der Waals surface area (Å²) >= 11 is 0. The molecule has 1 aromatic heterocycles. The van der Waals surface area contributed by atoms with Gasteiger partial charge in [-0.2, -0.15) is 5.10 Å². The van der Waals surface area contributed by atoms with Crippen molar-refractivity contribution < 1.29 is 23.4 Å². The van der Waals surface area contributed by atoms with Crippen molar-refractivity contribution in [2.75, 3.05) is 26.6 Å². The summed E-state index contributed by atoms with van der Waals surface area (Å²) in [5.41, 5.74) is -0.432. The van der Waals surface area contributed by atoms with Crippen molar-refractivity contribution in [1.82, 2.24) is 9.78 Å². The van der Waals surface area contributed by atoms with Crippen molar-refractivity contribution in [3.63, 3.8) is 0 Å². The molecular weight excluding hydrogens is 381 g/mol. The third kappa shape index (κ3) is 4.18. The van der Waals surface area contributed by atoms with E-state index in [9.17, 15) is 14.0 Å². The summed E-state index contributed by atoms with van der Waals surface area (Å²) < 4.78 is 30.3. The summed E-state index contributed by atoms with van der Waals surface area (Å²) in [4.78, 5) is 25.1. The fourth-order valence-electron chi connectivity index (χ4n) is 2.62. The van der Waals surface area contributed by atoms with E-state index in [1.54, 1.807) is 24.3 Å². The number of nitrogens with one attached hydrogen (secondary N) is 1. The highest BCUT2D eigenvalue weighted by Crippen LogP contribution is 2.29. The Morgan fingerprint density at radius 2 is 1.83 bits per heavy atom. The molecule has 9 heteroatoms. The van der Waals surface area contributed by atoms with Crippen molar-refractivity contribution in [1.29, 1.82) is 0 Å². The molecule has 0 saturated carbocycles. The SMILES string of the molecule is COc1ccc(NC(=O)c2nn(-c3cccc(F)c3)c(OC)cc2=O)c(OC)c1. The number of anilines is 1. The lowest BCUT2D eigenvalue weighted by molar-refractivity contribution is 0.101. The molecule has 3 aromatic rings. The Bertz CT molecular complexity index is 1110. The number of aromatic nitrogens is 2. The molecule has 0 atom stereocenters. The molecule has 1 heterocycles. The van der Waals surface area contributed by atoms with E-state index < -0.39 is 22.8 Å². The largest absolute Gasteiger partial charge is 0.497 e. The van der Waals surface area contributed by atoms with Gasteiger partial charge in [-0.3, -0.25) is 9.59 Å². The van der Waals surface area contributed by atoms with Crippen molar-refractivity contribution >= 4 is 11.6 Å². The van der Waals surface area contributed by atoms with Crippen LogP contribution in [0.3, 0.4) is 0 Å². The molecule has 1 amide bonds. The Morgan fingerprint density at radius 3 is 2.48 bits per heavy atom. The van der Waals surface area contributed by atoms with Gasteiger partial charge in [0.05, 0.1) is 38.8 Å². The molecule has 0 bridgehead atoms. The van der Waals surface area contributed by atoms with Gasteiger partial charge in [0.2, 0.25) is 11.3 Å². The number of benzene rings is 2. The highest BCUT2D eigenvalue weighted by atomic mass is 19.1. The maximum Gasteiger partial charge on any atom is 0.280 e. The fraction of sp³-hybridized carbons (Fsp3) is 0.150. The predicted octanol–water partition coefficient (Wildman–Crippen LogP) is 2.65. The summed E-state index contributed by atoms with van der Waals surface area (Å²) in [6.45, 7) is 0. The number of rotatable bonds is 6. The first-order valence-electron chi connectivity index (χ1n) is 8.44. The quantitative estimate of drug-likeness (QED) is 0.685. The van der Waals surface area contributed by atoms with E-state index in [-0.39, 0.29) is 11.6 Å². The molecule has 29 heavy (non-hydrogen) atoms. The molecule has 0 unspecified atom stereocenters. The first kappa shape index (κ1) is 19.9. The molecule has 0 aliphatic heterocycles. The lowest BCUT2D eigenvalue weighted by atomic mass is 10.2. The van der Waals surface area contributed by atoms with Crippen LogP contribution in [0.4, 0.5) is 10.1 Å². The van der Waals surface area contributed by atoms with E-state index in [0.717, 1.165) is 6.07 Å². The molecule has 8 nitrogen and oxygen atoms in total. The third-order valence-corrected chi connectivity index (χ3v) is 4.03. The Balaban J connectivity index is 2.01. The summed E-state index contributed by atoms with van der Waals surface area (Å²) in [6, 6.07) is 11.4. The number of ether oxygens (including phenoxy) is 3. The summed E-state index contributed by atoms with van der Waals surface area (Å²) in [6.07, 6.45) is 0. The number of amides is 1. The van der Waals surface area contributed by atoms with E-state index in [2.05, 4.69) is 10.4 Å². The van der Waals surface area contributed by atoms with Crippen LogP contribution in [-0.4, -0.2) is 37.0 Å². The lowest BCUT2D eigenvalue weighted by Crippen LogP contribution is -2.26. The number of halogens is 1. The summed E-state index contributed by atoms with van der Waals surface area (Å²) in [5.74, 6) is -0.322. The number of carbonyl (C=O) groups is 1. The number of hydrogen-bond donors (Lipinski definition) is 1. The van der Waals surface area contributed by atoms with Crippen LogP contribution < -0.4 is 25.0 Å². The fourth-order valence-corrected chi connectivity index (χ4v) is 2.62. The normalized spacial score (nSPS) is 10.3. The Morgan fingerprint density at radius 1 is 1.03 bits per heavy atom. The van der Waals surface area contributed by atoms with Gasteiger partial charge in [-0.25, -0.2) is 9.07 Å². The van der Waals surface area contributed by atoms with Gasteiger partial charge in [-0.15, -0.1) is 0 Å². The lowest BCUT2D eigenvalue weighted by Gasteiger charge is -2.14. The molecule has 0 spiro atoms. The minimum absolute atomic E-state index is 0.0548. The van der Waals surface area contributed by atoms with Gasteiger partial charge in [0, 0.05) is 6.07 Å². The molecule has 0 radical (unpaired) electrons. The van der Waals surface area contributed by atoms with Crippen LogP contribution in [0.15, 0.2) is 53.3 Å². The molecule has 0 aliphatic carbocycles. The molecule has 150 valence electrons. The third-order valence-electron chi connectivity index (χ3n) is 4.03. The number of nitrogens with zero attached hydrogens (tertiary/aromatic N) is 2. The van der Waals surface area contributed by atoms with Crippen LogP contribution >= 0.6 is 0 Å². The number of carbonyl (C=O) groups excluding carboxylic acids is 1. The van der Waals surface area contributed by atoms with Gasteiger partial charge in [-0.05, 0) is 30.3 Å². The number of methoxy groups -OCH3 is 3. The van der Waals surface area contributed by atoms with Gasteiger partial charge in [0.25, 0.3) is 5.91 Å². The molecule has 0 saturated heterocycles. The average Bonchev–Trinajstić information content (AvgIpc) is 2.73. The maximum atomic E-state index is 13.6. The Labute approximate surface area is 165 Å². The van der Waals surface area contributed by atoms with E-state index in [4.69, 9.17) is 14.2 Å². The minimum atomic E-state index is -0.758. The van der Waals surface area contributed by atoms with Crippen molar-refractivity contribution in [2.24, 2.45) is 0 Å². The molecule has 3 rings (SSSR count). The topological polar surface area (TPSA) is 91.7 Å². The van der Waals surface area contributed by atoms with Crippen molar-refractivity contribution in [3.8, 4) is 23.1 Å². The van der Waals surface area contributed by atoms with Crippen LogP contribution in [-0.2, 0) is 0 Å².